The second-order valence-electron chi connectivity index (χ2n) is 5.64. The van der Waals surface area contributed by atoms with Crippen molar-refractivity contribution in [1.29, 1.82) is 0 Å². The number of halogens is 2. The van der Waals surface area contributed by atoms with Crippen LogP contribution >= 0.6 is 11.6 Å². The average Bonchev–Trinajstić information content (AvgIpc) is 2.65. The first kappa shape index (κ1) is 18.5. The average molecular weight is 385 g/mol. The molecule has 0 fully saturated rings. The number of hydrogen-bond donors (Lipinski definition) is 2. The summed E-state index contributed by atoms with van der Waals surface area (Å²) in [6, 6.07) is 10.8. The van der Waals surface area contributed by atoms with E-state index in [4.69, 9.17) is 11.6 Å². The lowest BCUT2D eigenvalue weighted by molar-refractivity contribution is 0.101. The van der Waals surface area contributed by atoms with E-state index in [1.165, 1.54) is 31.5 Å². The second-order valence-corrected chi connectivity index (χ2v) is 6.05. The molecule has 3 aromatic rings. The van der Waals surface area contributed by atoms with Crippen LogP contribution in [0, 0.1) is 5.82 Å². The summed E-state index contributed by atoms with van der Waals surface area (Å²) in [6.45, 7) is 1.48. The van der Waals surface area contributed by atoms with Crippen LogP contribution in [0.25, 0.3) is 0 Å². The van der Waals surface area contributed by atoms with Gasteiger partial charge in [0.25, 0.3) is 5.91 Å². The SMILES string of the molecule is CC(=O)c1cccc(Nc2ncc(C(=O)Nc3ccc(F)c(Cl)c3)cn2)c1. The molecule has 6 nitrogen and oxygen atoms in total. The van der Waals surface area contributed by atoms with E-state index in [-0.39, 0.29) is 22.3 Å². The van der Waals surface area contributed by atoms with E-state index in [0.717, 1.165) is 6.07 Å². The van der Waals surface area contributed by atoms with Crippen molar-refractivity contribution in [2.45, 2.75) is 6.92 Å². The minimum Gasteiger partial charge on any atom is -0.324 e. The third-order valence-corrected chi connectivity index (χ3v) is 3.91. The molecule has 2 N–H and O–H groups in total. The summed E-state index contributed by atoms with van der Waals surface area (Å²) in [6.07, 6.45) is 2.70. The van der Waals surface area contributed by atoms with E-state index in [1.807, 2.05) is 0 Å². The Morgan fingerprint density at radius 3 is 2.41 bits per heavy atom. The molecule has 0 saturated carbocycles. The highest BCUT2D eigenvalue weighted by Gasteiger charge is 2.10. The van der Waals surface area contributed by atoms with Crippen LogP contribution in [0.3, 0.4) is 0 Å². The van der Waals surface area contributed by atoms with Crippen molar-refractivity contribution in [2.75, 3.05) is 10.6 Å². The molecular weight excluding hydrogens is 371 g/mol. The number of nitrogens with zero attached hydrogens (tertiary/aromatic N) is 2. The first-order chi connectivity index (χ1) is 12.9. The summed E-state index contributed by atoms with van der Waals surface area (Å²) in [7, 11) is 0. The van der Waals surface area contributed by atoms with Crippen molar-refractivity contribution in [3.8, 4) is 0 Å². The first-order valence-corrected chi connectivity index (χ1v) is 8.26. The van der Waals surface area contributed by atoms with Crippen LogP contribution in [-0.4, -0.2) is 21.7 Å². The van der Waals surface area contributed by atoms with Gasteiger partial charge < -0.3 is 10.6 Å². The van der Waals surface area contributed by atoms with Gasteiger partial charge in [0.15, 0.2) is 5.78 Å². The summed E-state index contributed by atoms with van der Waals surface area (Å²) < 4.78 is 13.2. The maximum atomic E-state index is 13.2. The highest BCUT2D eigenvalue weighted by Crippen LogP contribution is 2.20. The number of rotatable bonds is 5. The Morgan fingerprint density at radius 2 is 1.74 bits per heavy atom. The fourth-order valence-corrected chi connectivity index (χ4v) is 2.41. The zero-order valence-electron chi connectivity index (χ0n) is 14.2. The van der Waals surface area contributed by atoms with Gasteiger partial charge in [0, 0.05) is 29.3 Å². The number of hydrogen-bond acceptors (Lipinski definition) is 5. The molecule has 0 saturated heterocycles. The summed E-state index contributed by atoms with van der Waals surface area (Å²) in [5, 5.41) is 5.46. The summed E-state index contributed by atoms with van der Waals surface area (Å²) in [4.78, 5) is 31.8. The molecule has 0 atom stereocenters. The predicted molar refractivity (Wildman–Crippen MR) is 101 cm³/mol. The van der Waals surface area contributed by atoms with Gasteiger partial charge in [0.05, 0.1) is 10.6 Å². The lowest BCUT2D eigenvalue weighted by atomic mass is 10.1. The molecule has 0 aliphatic rings. The van der Waals surface area contributed by atoms with E-state index in [0.29, 0.717) is 16.9 Å². The lowest BCUT2D eigenvalue weighted by Crippen LogP contribution is -2.13. The normalized spacial score (nSPS) is 10.3. The Hall–Kier alpha value is -3.32. The maximum absolute atomic E-state index is 13.2. The van der Waals surface area contributed by atoms with Crippen LogP contribution in [-0.2, 0) is 0 Å². The third-order valence-electron chi connectivity index (χ3n) is 3.62. The van der Waals surface area contributed by atoms with E-state index < -0.39 is 11.7 Å². The molecule has 0 aliphatic carbocycles. The van der Waals surface area contributed by atoms with E-state index in [2.05, 4.69) is 20.6 Å². The van der Waals surface area contributed by atoms with Crippen LogP contribution in [0.1, 0.15) is 27.6 Å². The number of amides is 1. The number of ketones is 1. The number of carbonyl (C=O) groups is 2. The van der Waals surface area contributed by atoms with Gasteiger partial charge >= 0.3 is 0 Å². The van der Waals surface area contributed by atoms with Crippen LogP contribution in [0.4, 0.5) is 21.7 Å². The van der Waals surface area contributed by atoms with Gasteiger partial charge in [-0.1, -0.05) is 23.7 Å². The third kappa shape index (κ3) is 4.65. The standard InChI is InChI=1S/C19H14ClFN4O2/c1-11(26)12-3-2-4-14(7-12)25-19-22-9-13(10-23-19)18(27)24-15-5-6-17(21)16(20)8-15/h2-10H,1H3,(H,24,27)(H,22,23,25). The summed E-state index contributed by atoms with van der Waals surface area (Å²) in [5.74, 6) is -0.797. The minimum atomic E-state index is -0.567. The van der Waals surface area contributed by atoms with Crippen LogP contribution < -0.4 is 10.6 Å². The smallest absolute Gasteiger partial charge is 0.258 e. The molecule has 0 radical (unpaired) electrons. The summed E-state index contributed by atoms with van der Waals surface area (Å²) in [5.41, 5.74) is 1.79. The van der Waals surface area contributed by atoms with Gasteiger partial charge in [-0.15, -0.1) is 0 Å². The van der Waals surface area contributed by atoms with Crippen LogP contribution in [0.15, 0.2) is 54.9 Å². The van der Waals surface area contributed by atoms with Crippen LogP contribution in [0.5, 0.6) is 0 Å². The highest BCUT2D eigenvalue weighted by molar-refractivity contribution is 6.31. The summed E-state index contributed by atoms with van der Waals surface area (Å²) >= 11 is 5.69. The van der Waals surface area contributed by atoms with Crippen LogP contribution in [0.2, 0.25) is 5.02 Å². The number of benzene rings is 2. The van der Waals surface area contributed by atoms with Gasteiger partial charge in [0.2, 0.25) is 5.95 Å². The van der Waals surface area contributed by atoms with Crippen molar-refractivity contribution >= 4 is 40.6 Å². The fourth-order valence-electron chi connectivity index (χ4n) is 2.23. The molecule has 0 spiro atoms. The predicted octanol–water partition coefficient (Wildman–Crippen LogP) is 4.47. The zero-order chi connectivity index (χ0) is 19.4. The van der Waals surface area contributed by atoms with Crippen molar-refractivity contribution in [1.82, 2.24) is 9.97 Å². The molecule has 1 aromatic heterocycles. The van der Waals surface area contributed by atoms with Gasteiger partial charge in [-0.05, 0) is 37.3 Å². The second kappa shape index (κ2) is 7.92. The Balaban J connectivity index is 1.69. The number of aromatic nitrogens is 2. The molecule has 8 heteroatoms. The molecule has 0 bridgehead atoms. The van der Waals surface area contributed by atoms with Gasteiger partial charge in [0.1, 0.15) is 5.82 Å². The number of Topliss-reactive ketones (excluding diaryl/α,β-unsaturated/α-hetero) is 1. The monoisotopic (exact) mass is 384 g/mol. The largest absolute Gasteiger partial charge is 0.324 e. The maximum Gasteiger partial charge on any atom is 0.258 e. The molecule has 0 unspecified atom stereocenters. The molecule has 0 aliphatic heterocycles. The Morgan fingerprint density at radius 1 is 1.00 bits per heavy atom. The highest BCUT2D eigenvalue weighted by atomic mass is 35.5. The molecule has 136 valence electrons. The molecule has 1 amide bonds. The van der Waals surface area contributed by atoms with Crippen molar-refractivity contribution in [2.24, 2.45) is 0 Å². The lowest BCUT2D eigenvalue weighted by Gasteiger charge is -2.08. The Bertz CT molecular complexity index is 1010. The first-order valence-electron chi connectivity index (χ1n) is 7.89. The molecule has 3 rings (SSSR count). The van der Waals surface area contributed by atoms with Crippen molar-refractivity contribution < 1.29 is 14.0 Å². The quantitative estimate of drug-likeness (QED) is 0.634. The van der Waals surface area contributed by atoms with E-state index in [1.54, 1.807) is 24.3 Å². The number of carbonyl (C=O) groups excluding carboxylic acids is 2. The zero-order valence-corrected chi connectivity index (χ0v) is 14.9. The number of nitrogens with one attached hydrogen (secondary N) is 2. The van der Waals surface area contributed by atoms with Gasteiger partial charge in [-0.25, -0.2) is 14.4 Å². The Kier molecular flexibility index (Phi) is 5.42. The molecule has 1 heterocycles. The fraction of sp³-hybridized carbons (Fsp3) is 0.0526. The van der Waals surface area contributed by atoms with Gasteiger partial charge in [-0.3, -0.25) is 9.59 Å². The molecule has 27 heavy (non-hydrogen) atoms. The molecule has 2 aromatic carbocycles. The van der Waals surface area contributed by atoms with Gasteiger partial charge in [-0.2, -0.15) is 0 Å². The molecular formula is C19H14ClFN4O2. The Labute approximate surface area is 159 Å². The van der Waals surface area contributed by atoms with Crippen molar-refractivity contribution in [3.63, 3.8) is 0 Å². The number of anilines is 3. The topological polar surface area (TPSA) is 84.0 Å². The van der Waals surface area contributed by atoms with E-state index >= 15 is 0 Å². The van der Waals surface area contributed by atoms with E-state index in [9.17, 15) is 14.0 Å². The van der Waals surface area contributed by atoms with Crippen molar-refractivity contribution in [3.05, 3.63) is 76.8 Å². The minimum absolute atomic E-state index is 0.0486.